The third-order valence-electron chi connectivity index (χ3n) is 2.40. The Morgan fingerprint density at radius 2 is 2.13 bits per heavy atom. The Morgan fingerprint density at radius 1 is 1.40 bits per heavy atom. The number of hydrogen-bond donors (Lipinski definition) is 1. The molecule has 84 valence electrons. The van der Waals surface area contributed by atoms with E-state index in [0.29, 0.717) is 0 Å². The second kappa shape index (κ2) is 5.92. The van der Waals surface area contributed by atoms with E-state index in [-0.39, 0.29) is 5.41 Å². The summed E-state index contributed by atoms with van der Waals surface area (Å²) in [6.45, 7) is 5.19. The van der Waals surface area contributed by atoms with Crippen LogP contribution >= 0.6 is 27.7 Å². The summed E-state index contributed by atoms with van der Waals surface area (Å²) in [6, 6.07) is 8.42. The number of thioether (sulfide) groups is 1. The molecule has 0 saturated heterocycles. The lowest BCUT2D eigenvalue weighted by molar-refractivity contribution is 0.368. The molecule has 0 radical (unpaired) electrons. The number of rotatable bonds is 5. The van der Waals surface area contributed by atoms with Crippen molar-refractivity contribution in [1.82, 2.24) is 0 Å². The molecular weight excluding hydrogens is 270 g/mol. The van der Waals surface area contributed by atoms with Crippen molar-refractivity contribution in [3.63, 3.8) is 0 Å². The highest BCUT2D eigenvalue weighted by Crippen LogP contribution is 2.27. The van der Waals surface area contributed by atoms with Crippen LogP contribution in [0, 0.1) is 5.41 Å². The molecule has 1 rings (SSSR count). The van der Waals surface area contributed by atoms with Crippen LogP contribution in [0.15, 0.2) is 33.6 Å². The maximum atomic E-state index is 5.69. The number of nitrogens with two attached hydrogens (primary N) is 1. The van der Waals surface area contributed by atoms with Crippen LogP contribution in [0.1, 0.15) is 20.3 Å². The minimum absolute atomic E-state index is 0.263. The molecule has 2 N–H and O–H groups in total. The average molecular weight is 288 g/mol. The first-order valence-corrected chi connectivity index (χ1v) is 6.90. The highest BCUT2D eigenvalue weighted by molar-refractivity contribution is 9.10. The maximum Gasteiger partial charge on any atom is 0.0186 e. The third-order valence-corrected chi connectivity index (χ3v) is 3.89. The fourth-order valence-electron chi connectivity index (χ4n) is 1.10. The van der Waals surface area contributed by atoms with Crippen molar-refractivity contribution < 1.29 is 0 Å². The molecule has 0 atom stereocenters. The topological polar surface area (TPSA) is 26.0 Å². The van der Waals surface area contributed by atoms with Crippen molar-refractivity contribution in [3.8, 4) is 0 Å². The van der Waals surface area contributed by atoms with Crippen molar-refractivity contribution >= 4 is 27.7 Å². The van der Waals surface area contributed by atoms with Gasteiger partial charge in [-0.1, -0.05) is 35.8 Å². The van der Waals surface area contributed by atoms with Gasteiger partial charge in [-0.2, -0.15) is 0 Å². The van der Waals surface area contributed by atoms with Crippen LogP contribution < -0.4 is 5.73 Å². The van der Waals surface area contributed by atoms with E-state index in [0.717, 1.165) is 23.2 Å². The van der Waals surface area contributed by atoms with Crippen LogP contribution in [0.4, 0.5) is 0 Å². The van der Waals surface area contributed by atoms with Crippen LogP contribution in [0.5, 0.6) is 0 Å². The molecule has 3 heteroatoms. The summed E-state index contributed by atoms with van der Waals surface area (Å²) >= 11 is 5.37. The lowest BCUT2D eigenvalue weighted by Gasteiger charge is -2.21. The van der Waals surface area contributed by atoms with E-state index in [9.17, 15) is 0 Å². The fourth-order valence-corrected chi connectivity index (χ4v) is 2.93. The van der Waals surface area contributed by atoms with Crippen molar-refractivity contribution in [2.75, 3.05) is 12.3 Å². The lowest BCUT2D eigenvalue weighted by Crippen LogP contribution is -2.23. The zero-order chi connectivity index (χ0) is 11.3. The Balaban J connectivity index is 2.38. The predicted octanol–water partition coefficient (Wildman–Crippen LogP) is 3.92. The Hall–Kier alpha value is 0.01000. The van der Waals surface area contributed by atoms with Gasteiger partial charge in [0.05, 0.1) is 0 Å². The molecule has 1 aromatic rings. The van der Waals surface area contributed by atoms with E-state index >= 15 is 0 Å². The third kappa shape index (κ3) is 5.05. The summed E-state index contributed by atoms with van der Waals surface area (Å²) in [6.07, 6.45) is 1.15. The van der Waals surface area contributed by atoms with Gasteiger partial charge in [-0.3, -0.25) is 0 Å². The molecule has 1 aromatic carbocycles. The Labute approximate surface area is 105 Å². The maximum absolute atomic E-state index is 5.69. The Morgan fingerprint density at radius 3 is 2.73 bits per heavy atom. The zero-order valence-corrected chi connectivity index (χ0v) is 11.7. The van der Waals surface area contributed by atoms with Crippen LogP contribution in [0.25, 0.3) is 0 Å². The predicted molar refractivity (Wildman–Crippen MR) is 72.3 cm³/mol. The molecule has 1 nitrogen and oxygen atoms in total. The lowest BCUT2D eigenvalue weighted by atomic mass is 9.91. The summed E-state index contributed by atoms with van der Waals surface area (Å²) in [5.74, 6) is 1.13. The molecule has 0 fully saturated rings. The van der Waals surface area contributed by atoms with Crippen LogP contribution in [-0.2, 0) is 0 Å². The van der Waals surface area contributed by atoms with Gasteiger partial charge in [0.25, 0.3) is 0 Å². The molecule has 0 unspecified atom stereocenters. The van der Waals surface area contributed by atoms with Crippen LogP contribution in [0.2, 0.25) is 0 Å². The number of halogens is 1. The summed E-state index contributed by atoms with van der Waals surface area (Å²) < 4.78 is 1.14. The molecule has 0 heterocycles. The smallest absolute Gasteiger partial charge is 0.0186 e. The van der Waals surface area contributed by atoms with Gasteiger partial charge < -0.3 is 5.73 Å². The van der Waals surface area contributed by atoms with Crippen molar-refractivity contribution in [2.24, 2.45) is 11.1 Å². The second-order valence-corrected chi connectivity index (χ2v) is 6.51. The number of benzene rings is 1. The summed E-state index contributed by atoms with van der Waals surface area (Å²) in [4.78, 5) is 1.32. The Kier molecular flexibility index (Phi) is 5.16. The van der Waals surface area contributed by atoms with Gasteiger partial charge in [-0.15, -0.1) is 11.8 Å². The quantitative estimate of drug-likeness (QED) is 0.831. The number of hydrogen-bond acceptors (Lipinski definition) is 2. The summed E-state index contributed by atoms with van der Waals surface area (Å²) in [5.41, 5.74) is 5.96. The molecule has 0 aromatic heterocycles. The molecule has 15 heavy (non-hydrogen) atoms. The first-order valence-electron chi connectivity index (χ1n) is 5.12. The Bertz CT molecular complexity index is 312. The second-order valence-electron chi connectivity index (χ2n) is 4.42. The normalized spacial score (nSPS) is 11.7. The first-order chi connectivity index (χ1) is 7.03. The average Bonchev–Trinajstić information content (AvgIpc) is 2.18. The molecular formula is C12H18BrNS. The van der Waals surface area contributed by atoms with Gasteiger partial charge >= 0.3 is 0 Å². The standard InChI is InChI=1S/C12H18BrNS/c1-12(2,9-14)6-7-15-11-5-3-4-10(13)8-11/h3-5,8H,6-7,9,14H2,1-2H3. The van der Waals surface area contributed by atoms with Crippen molar-refractivity contribution in [3.05, 3.63) is 28.7 Å². The van der Waals surface area contributed by atoms with Gasteiger partial charge in [0, 0.05) is 9.37 Å². The summed E-state index contributed by atoms with van der Waals surface area (Å²) in [5, 5.41) is 0. The van der Waals surface area contributed by atoms with E-state index in [2.05, 4.69) is 48.0 Å². The van der Waals surface area contributed by atoms with Gasteiger partial charge in [0.2, 0.25) is 0 Å². The van der Waals surface area contributed by atoms with Gasteiger partial charge in [-0.25, -0.2) is 0 Å². The molecule has 0 bridgehead atoms. The molecule has 0 aliphatic heterocycles. The SMILES string of the molecule is CC(C)(CN)CCSc1cccc(Br)c1. The minimum atomic E-state index is 0.263. The van der Waals surface area contributed by atoms with Crippen molar-refractivity contribution in [1.29, 1.82) is 0 Å². The fraction of sp³-hybridized carbons (Fsp3) is 0.500. The van der Waals surface area contributed by atoms with Crippen LogP contribution in [0.3, 0.4) is 0 Å². The molecule has 0 amide bonds. The van der Waals surface area contributed by atoms with Gasteiger partial charge in [0.15, 0.2) is 0 Å². The highest BCUT2D eigenvalue weighted by atomic mass is 79.9. The molecule has 0 saturated carbocycles. The molecule has 0 aliphatic carbocycles. The van der Waals surface area contributed by atoms with E-state index < -0.39 is 0 Å². The largest absolute Gasteiger partial charge is 0.330 e. The van der Waals surface area contributed by atoms with Crippen molar-refractivity contribution in [2.45, 2.75) is 25.2 Å². The summed E-state index contributed by atoms with van der Waals surface area (Å²) in [7, 11) is 0. The molecule has 0 aliphatic rings. The van der Waals surface area contributed by atoms with E-state index in [4.69, 9.17) is 5.73 Å². The van der Waals surface area contributed by atoms with E-state index in [1.165, 1.54) is 4.90 Å². The monoisotopic (exact) mass is 287 g/mol. The zero-order valence-electron chi connectivity index (χ0n) is 9.29. The van der Waals surface area contributed by atoms with E-state index in [1.807, 2.05) is 17.8 Å². The highest BCUT2D eigenvalue weighted by Gasteiger charge is 2.14. The van der Waals surface area contributed by atoms with Gasteiger partial charge in [-0.05, 0) is 42.3 Å². The molecule has 0 spiro atoms. The minimum Gasteiger partial charge on any atom is -0.330 e. The first kappa shape index (κ1) is 13.1. The van der Waals surface area contributed by atoms with E-state index in [1.54, 1.807) is 0 Å². The van der Waals surface area contributed by atoms with Gasteiger partial charge in [0.1, 0.15) is 0 Å². The van der Waals surface area contributed by atoms with Crippen LogP contribution in [-0.4, -0.2) is 12.3 Å².